The molecule has 0 aliphatic rings. The van der Waals surface area contributed by atoms with Crippen LogP contribution in [-0.2, 0) is 13.1 Å². The molecule has 0 saturated heterocycles. The fourth-order valence-corrected chi connectivity index (χ4v) is 3.00. The monoisotopic (exact) mass is 278 g/mol. The molecule has 106 valence electrons. The molecule has 1 heterocycles. The van der Waals surface area contributed by atoms with E-state index in [0.29, 0.717) is 5.92 Å². The zero-order chi connectivity index (χ0) is 14.1. The Morgan fingerprint density at radius 1 is 1.37 bits per heavy atom. The SMILES string of the molecule is C#CCN(CCC)Cc1ccc(CNCC(C)C)s1. The summed E-state index contributed by atoms with van der Waals surface area (Å²) in [7, 11) is 0. The Kier molecular flexibility index (Phi) is 7.81. The van der Waals surface area contributed by atoms with E-state index in [9.17, 15) is 0 Å². The molecule has 0 unspecified atom stereocenters. The number of terminal acetylenes is 1. The molecule has 19 heavy (non-hydrogen) atoms. The van der Waals surface area contributed by atoms with E-state index < -0.39 is 0 Å². The molecule has 0 bridgehead atoms. The Morgan fingerprint density at radius 3 is 2.74 bits per heavy atom. The summed E-state index contributed by atoms with van der Waals surface area (Å²) in [6, 6.07) is 4.46. The van der Waals surface area contributed by atoms with Gasteiger partial charge < -0.3 is 5.32 Å². The quantitative estimate of drug-likeness (QED) is 0.697. The normalized spacial score (nSPS) is 11.2. The lowest BCUT2D eigenvalue weighted by molar-refractivity contribution is 0.302. The molecule has 0 radical (unpaired) electrons. The molecule has 1 aromatic rings. The maximum atomic E-state index is 5.41. The van der Waals surface area contributed by atoms with Crippen molar-refractivity contribution in [3.05, 3.63) is 21.9 Å². The first-order valence-corrected chi connectivity index (χ1v) is 7.91. The lowest BCUT2D eigenvalue weighted by Gasteiger charge is -2.17. The summed E-state index contributed by atoms with van der Waals surface area (Å²) in [5.74, 6) is 3.45. The molecule has 1 N–H and O–H groups in total. The third kappa shape index (κ3) is 6.77. The summed E-state index contributed by atoms with van der Waals surface area (Å²) >= 11 is 1.89. The number of nitrogens with zero attached hydrogens (tertiary/aromatic N) is 1. The van der Waals surface area contributed by atoms with Gasteiger partial charge in [0.1, 0.15) is 0 Å². The van der Waals surface area contributed by atoms with E-state index in [0.717, 1.165) is 39.1 Å². The van der Waals surface area contributed by atoms with Gasteiger partial charge in [-0.15, -0.1) is 17.8 Å². The average Bonchev–Trinajstić information content (AvgIpc) is 2.77. The highest BCUT2D eigenvalue weighted by Crippen LogP contribution is 2.18. The lowest BCUT2D eigenvalue weighted by Crippen LogP contribution is -2.23. The van der Waals surface area contributed by atoms with Gasteiger partial charge in [0.2, 0.25) is 0 Å². The molecule has 0 saturated carbocycles. The minimum absolute atomic E-state index is 0.704. The number of nitrogens with one attached hydrogen (secondary N) is 1. The standard InChI is InChI=1S/C16H26N2S/c1-5-9-18(10-6-2)13-16-8-7-15(19-16)12-17-11-14(3)4/h1,7-8,14,17H,6,9-13H2,2-4H3. The van der Waals surface area contributed by atoms with Gasteiger partial charge in [-0.05, 0) is 37.6 Å². The molecule has 3 heteroatoms. The minimum Gasteiger partial charge on any atom is -0.312 e. The van der Waals surface area contributed by atoms with Gasteiger partial charge in [0, 0.05) is 22.8 Å². The fraction of sp³-hybridized carbons (Fsp3) is 0.625. The summed E-state index contributed by atoms with van der Waals surface area (Å²) in [6.45, 7) is 11.5. The third-order valence-electron chi connectivity index (χ3n) is 2.80. The maximum absolute atomic E-state index is 5.41. The van der Waals surface area contributed by atoms with Crippen LogP contribution in [0.4, 0.5) is 0 Å². The topological polar surface area (TPSA) is 15.3 Å². The minimum atomic E-state index is 0.704. The van der Waals surface area contributed by atoms with Crippen LogP contribution in [0, 0.1) is 18.3 Å². The second-order valence-electron chi connectivity index (χ2n) is 5.31. The molecule has 0 aliphatic carbocycles. The molecule has 1 rings (SSSR count). The van der Waals surface area contributed by atoms with Crippen LogP contribution in [-0.4, -0.2) is 24.5 Å². The second-order valence-corrected chi connectivity index (χ2v) is 6.56. The van der Waals surface area contributed by atoms with Crippen molar-refractivity contribution in [3.8, 4) is 12.3 Å². The van der Waals surface area contributed by atoms with Crippen LogP contribution >= 0.6 is 11.3 Å². The van der Waals surface area contributed by atoms with E-state index >= 15 is 0 Å². The van der Waals surface area contributed by atoms with Crippen molar-refractivity contribution >= 4 is 11.3 Å². The summed E-state index contributed by atoms with van der Waals surface area (Å²) in [5, 5.41) is 3.48. The molecule has 0 spiro atoms. The van der Waals surface area contributed by atoms with Crippen molar-refractivity contribution in [3.63, 3.8) is 0 Å². The van der Waals surface area contributed by atoms with E-state index in [1.165, 1.54) is 9.75 Å². The summed E-state index contributed by atoms with van der Waals surface area (Å²) in [5.41, 5.74) is 0. The number of rotatable bonds is 9. The Bertz CT molecular complexity index is 390. The molecule has 2 nitrogen and oxygen atoms in total. The smallest absolute Gasteiger partial charge is 0.0602 e. The molecule has 1 aromatic heterocycles. The van der Waals surface area contributed by atoms with Crippen molar-refractivity contribution < 1.29 is 0 Å². The van der Waals surface area contributed by atoms with Crippen LogP contribution in [0.1, 0.15) is 36.9 Å². The van der Waals surface area contributed by atoms with Crippen molar-refractivity contribution in [2.24, 2.45) is 5.92 Å². The van der Waals surface area contributed by atoms with Crippen molar-refractivity contribution in [2.45, 2.75) is 40.3 Å². The van der Waals surface area contributed by atoms with Gasteiger partial charge in [-0.1, -0.05) is 26.7 Å². The van der Waals surface area contributed by atoms with Gasteiger partial charge in [-0.25, -0.2) is 0 Å². The molecule has 0 aliphatic heterocycles. The van der Waals surface area contributed by atoms with Gasteiger partial charge in [0.25, 0.3) is 0 Å². The Balaban J connectivity index is 2.42. The van der Waals surface area contributed by atoms with Gasteiger partial charge in [0.15, 0.2) is 0 Å². The first-order valence-electron chi connectivity index (χ1n) is 7.09. The summed E-state index contributed by atoms with van der Waals surface area (Å²) < 4.78 is 0. The van der Waals surface area contributed by atoms with Crippen LogP contribution in [0.2, 0.25) is 0 Å². The van der Waals surface area contributed by atoms with E-state index in [1.807, 2.05) is 11.3 Å². The van der Waals surface area contributed by atoms with Crippen molar-refractivity contribution in [1.29, 1.82) is 0 Å². The van der Waals surface area contributed by atoms with Gasteiger partial charge in [-0.2, -0.15) is 0 Å². The van der Waals surface area contributed by atoms with Crippen LogP contribution in [0.15, 0.2) is 12.1 Å². The molecule has 0 aromatic carbocycles. The van der Waals surface area contributed by atoms with Gasteiger partial charge >= 0.3 is 0 Å². The Morgan fingerprint density at radius 2 is 2.11 bits per heavy atom. The number of hydrogen-bond acceptors (Lipinski definition) is 3. The van der Waals surface area contributed by atoms with Crippen LogP contribution in [0.5, 0.6) is 0 Å². The zero-order valence-corrected chi connectivity index (χ0v) is 13.2. The average molecular weight is 278 g/mol. The molecular weight excluding hydrogens is 252 g/mol. The van der Waals surface area contributed by atoms with Crippen LogP contribution < -0.4 is 5.32 Å². The van der Waals surface area contributed by atoms with Gasteiger partial charge in [0.05, 0.1) is 6.54 Å². The predicted molar refractivity (Wildman–Crippen MR) is 85.3 cm³/mol. The van der Waals surface area contributed by atoms with Crippen molar-refractivity contribution in [1.82, 2.24) is 10.2 Å². The Hall–Kier alpha value is -0.820. The first-order chi connectivity index (χ1) is 9.15. The number of hydrogen-bond donors (Lipinski definition) is 1. The summed E-state index contributed by atoms with van der Waals surface area (Å²) in [6.07, 6.45) is 6.56. The predicted octanol–water partition coefficient (Wildman–Crippen LogP) is 3.34. The third-order valence-corrected chi connectivity index (χ3v) is 3.87. The van der Waals surface area contributed by atoms with Crippen molar-refractivity contribution in [2.75, 3.05) is 19.6 Å². The highest BCUT2D eigenvalue weighted by atomic mass is 32.1. The van der Waals surface area contributed by atoms with E-state index in [1.54, 1.807) is 0 Å². The largest absolute Gasteiger partial charge is 0.312 e. The molecule has 0 atom stereocenters. The highest BCUT2D eigenvalue weighted by Gasteiger charge is 2.06. The highest BCUT2D eigenvalue weighted by molar-refractivity contribution is 7.11. The van der Waals surface area contributed by atoms with Crippen LogP contribution in [0.25, 0.3) is 0 Å². The summed E-state index contributed by atoms with van der Waals surface area (Å²) in [4.78, 5) is 5.15. The molecule has 0 fully saturated rings. The zero-order valence-electron chi connectivity index (χ0n) is 12.4. The molecular formula is C16H26N2S. The van der Waals surface area contributed by atoms with Gasteiger partial charge in [-0.3, -0.25) is 4.90 Å². The van der Waals surface area contributed by atoms with E-state index in [4.69, 9.17) is 6.42 Å². The number of thiophene rings is 1. The molecule has 0 amide bonds. The van der Waals surface area contributed by atoms with E-state index in [2.05, 4.69) is 49.0 Å². The maximum Gasteiger partial charge on any atom is 0.0602 e. The van der Waals surface area contributed by atoms with E-state index in [-0.39, 0.29) is 0 Å². The fourth-order valence-electron chi connectivity index (χ4n) is 1.97. The second kappa shape index (κ2) is 9.14. The lowest BCUT2D eigenvalue weighted by atomic mass is 10.2. The Labute approximate surface area is 122 Å². The van der Waals surface area contributed by atoms with Crippen LogP contribution in [0.3, 0.4) is 0 Å². The first kappa shape index (κ1) is 16.2.